The van der Waals surface area contributed by atoms with E-state index >= 15 is 0 Å². The zero-order valence-electron chi connectivity index (χ0n) is 9.60. The quantitative estimate of drug-likeness (QED) is 0.791. The van der Waals surface area contributed by atoms with Gasteiger partial charge in [-0.05, 0) is 25.2 Å². The maximum Gasteiger partial charge on any atom is 0.237 e. The van der Waals surface area contributed by atoms with Crippen LogP contribution in [-0.2, 0) is 6.42 Å². The molecule has 0 bridgehead atoms. The van der Waals surface area contributed by atoms with Gasteiger partial charge >= 0.3 is 0 Å². The van der Waals surface area contributed by atoms with Crippen LogP contribution in [-0.4, -0.2) is 21.5 Å². The second-order valence-electron chi connectivity index (χ2n) is 4.27. The Morgan fingerprint density at radius 3 is 2.81 bits per heavy atom. The third-order valence-electron chi connectivity index (χ3n) is 3.06. The average molecular weight is 217 g/mol. The molecule has 2 aromatic heterocycles. The molecule has 1 aliphatic carbocycles. The third kappa shape index (κ3) is 1.45. The minimum Gasteiger partial charge on any atom is -0.481 e. The Morgan fingerprint density at radius 2 is 2.19 bits per heavy atom. The first kappa shape index (κ1) is 9.63. The molecule has 0 saturated heterocycles. The Kier molecular flexibility index (Phi) is 2.09. The Balaban J connectivity index is 2.17. The number of methoxy groups -OCH3 is 1. The summed E-state index contributed by atoms with van der Waals surface area (Å²) >= 11 is 0. The number of imidazole rings is 1. The van der Waals surface area contributed by atoms with Crippen LogP contribution < -0.4 is 4.74 Å². The largest absolute Gasteiger partial charge is 0.481 e. The molecule has 0 aromatic carbocycles. The molecular weight excluding hydrogens is 202 g/mol. The van der Waals surface area contributed by atoms with Gasteiger partial charge in [0, 0.05) is 18.0 Å². The molecule has 0 N–H and O–H groups in total. The highest BCUT2D eigenvalue weighted by Crippen LogP contribution is 2.43. The number of fused-ring (bicyclic) bond motifs is 1. The summed E-state index contributed by atoms with van der Waals surface area (Å²) in [5, 5.41) is 0. The van der Waals surface area contributed by atoms with Crippen molar-refractivity contribution in [2.45, 2.75) is 32.1 Å². The van der Waals surface area contributed by atoms with Crippen LogP contribution in [0.15, 0.2) is 12.4 Å². The highest BCUT2D eigenvalue weighted by Gasteiger charge is 2.28. The monoisotopic (exact) mass is 217 g/mol. The van der Waals surface area contributed by atoms with Crippen LogP contribution in [0.4, 0.5) is 0 Å². The summed E-state index contributed by atoms with van der Waals surface area (Å²) < 4.78 is 7.34. The number of rotatable bonds is 3. The minimum atomic E-state index is 0.638. The Morgan fingerprint density at radius 1 is 1.38 bits per heavy atom. The molecule has 1 aliphatic rings. The summed E-state index contributed by atoms with van der Waals surface area (Å²) in [6, 6.07) is 0. The first-order valence-electron chi connectivity index (χ1n) is 5.74. The van der Waals surface area contributed by atoms with E-state index in [-0.39, 0.29) is 0 Å². The number of hydrogen-bond donors (Lipinski definition) is 0. The van der Waals surface area contributed by atoms with Gasteiger partial charge in [0.05, 0.1) is 12.8 Å². The van der Waals surface area contributed by atoms with Gasteiger partial charge in [0.15, 0.2) is 0 Å². The molecule has 84 valence electrons. The Hall–Kier alpha value is -1.58. The number of ether oxygens (including phenoxy) is 1. The van der Waals surface area contributed by atoms with E-state index in [2.05, 4.69) is 23.1 Å². The summed E-state index contributed by atoms with van der Waals surface area (Å²) in [6.07, 6.45) is 7.60. The summed E-state index contributed by atoms with van der Waals surface area (Å²) in [5.41, 5.74) is 2.29. The molecule has 2 aromatic rings. The topological polar surface area (TPSA) is 39.4 Å². The van der Waals surface area contributed by atoms with Crippen molar-refractivity contribution in [2.24, 2.45) is 0 Å². The number of aromatic nitrogens is 3. The Bertz CT molecular complexity index is 528. The lowest BCUT2D eigenvalue weighted by atomic mass is 10.2. The van der Waals surface area contributed by atoms with Crippen LogP contribution in [0.1, 0.15) is 36.9 Å². The summed E-state index contributed by atoms with van der Waals surface area (Å²) in [4.78, 5) is 8.89. The first-order chi connectivity index (χ1) is 7.81. The van der Waals surface area contributed by atoms with Crippen molar-refractivity contribution in [3.63, 3.8) is 0 Å². The van der Waals surface area contributed by atoms with Crippen molar-refractivity contribution in [1.82, 2.24) is 14.4 Å². The predicted octanol–water partition coefficient (Wildman–Crippen LogP) is 2.18. The summed E-state index contributed by atoms with van der Waals surface area (Å²) in [7, 11) is 1.67. The van der Waals surface area contributed by atoms with Crippen molar-refractivity contribution < 1.29 is 4.74 Å². The second-order valence-corrected chi connectivity index (χ2v) is 4.27. The molecule has 0 radical (unpaired) electrons. The molecule has 1 fully saturated rings. The highest BCUT2D eigenvalue weighted by molar-refractivity contribution is 5.41. The summed E-state index contributed by atoms with van der Waals surface area (Å²) in [6.45, 7) is 2.10. The maximum atomic E-state index is 5.33. The molecule has 0 aliphatic heterocycles. The van der Waals surface area contributed by atoms with E-state index in [9.17, 15) is 0 Å². The van der Waals surface area contributed by atoms with Crippen LogP contribution in [0.5, 0.6) is 5.88 Å². The zero-order chi connectivity index (χ0) is 11.1. The SMILES string of the molecule is CCc1cn2cc(C3CC3)c(OC)nc2n1. The van der Waals surface area contributed by atoms with E-state index < -0.39 is 0 Å². The standard InChI is InChI=1S/C12H15N3O/c1-3-9-6-15-7-10(8-4-5-8)11(16-2)14-12(15)13-9/h6-8H,3-5H2,1-2H3. The lowest BCUT2D eigenvalue weighted by Gasteiger charge is -2.06. The van der Waals surface area contributed by atoms with Gasteiger partial charge in [-0.25, -0.2) is 4.98 Å². The van der Waals surface area contributed by atoms with Crippen molar-refractivity contribution in [3.05, 3.63) is 23.7 Å². The van der Waals surface area contributed by atoms with Crippen LogP contribution in [0.25, 0.3) is 5.78 Å². The van der Waals surface area contributed by atoms with Crippen molar-refractivity contribution >= 4 is 5.78 Å². The fourth-order valence-electron chi connectivity index (χ4n) is 1.98. The van der Waals surface area contributed by atoms with Crippen molar-refractivity contribution in [3.8, 4) is 5.88 Å². The van der Waals surface area contributed by atoms with Gasteiger partial charge in [-0.3, -0.25) is 4.40 Å². The van der Waals surface area contributed by atoms with E-state index in [1.165, 1.54) is 18.4 Å². The smallest absolute Gasteiger partial charge is 0.237 e. The number of hydrogen-bond acceptors (Lipinski definition) is 3. The fraction of sp³-hybridized carbons (Fsp3) is 0.500. The average Bonchev–Trinajstić information content (AvgIpc) is 3.07. The van der Waals surface area contributed by atoms with E-state index in [0.717, 1.165) is 23.8 Å². The van der Waals surface area contributed by atoms with Gasteiger partial charge in [0.1, 0.15) is 0 Å². The second kappa shape index (κ2) is 3.47. The molecule has 0 atom stereocenters. The van der Waals surface area contributed by atoms with Gasteiger partial charge in [0.25, 0.3) is 0 Å². The predicted molar refractivity (Wildman–Crippen MR) is 60.9 cm³/mol. The van der Waals surface area contributed by atoms with E-state index in [0.29, 0.717) is 5.92 Å². The van der Waals surface area contributed by atoms with Gasteiger partial charge in [0.2, 0.25) is 11.7 Å². The van der Waals surface area contributed by atoms with Gasteiger partial charge in [-0.1, -0.05) is 6.92 Å². The van der Waals surface area contributed by atoms with Crippen LogP contribution in [0.3, 0.4) is 0 Å². The van der Waals surface area contributed by atoms with E-state index in [4.69, 9.17) is 4.74 Å². The zero-order valence-corrected chi connectivity index (χ0v) is 9.60. The van der Waals surface area contributed by atoms with Crippen LogP contribution in [0, 0.1) is 0 Å². The molecule has 1 saturated carbocycles. The first-order valence-corrected chi connectivity index (χ1v) is 5.74. The lowest BCUT2D eigenvalue weighted by Crippen LogP contribution is -1.98. The molecule has 0 unspecified atom stereocenters. The molecule has 0 amide bonds. The molecular formula is C12H15N3O. The van der Waals surface area contributed by atoms with Gasteiger partial charge in [-0.2, -0.15) is 4.98 Å². The molecule has 4 heteroatoms. The number of aryl methyl sites for hydroxylation is 1. The molecule has 4 nitrogen and oxygen atoms in total. The van der Waals surface area contributed by atoms with E-state index in [1.807, 2.05) is 10.6 Å². The minimum absolute atomic E-state index is 0.638. The number of nitrogens with zero attached hydrogens (tertiary/aromatic N) is 3. The normalized spacial score (nSPS) is 15.6. The molecule has 0 spiro atoms. The van der Waals surface area contributed by atoms with Gasteiger partial charge in [-0.15, -0.1) is 0 Å². The third-order valence-corrected chi connectivity index (χ3v) is 3.06. The van der Waals surface area contributed by atoms with Gasteiger partial charge < -0.3 is 4.74 Å². The highest BCUT2D eigenvalue weighted by atomic mass is 16.5. The maximum absolute atomic E-state index is 5.33. The van der Waals surface area contributed by atoms with Crippen LogP contribution >= 0.6 is 0 Å². The Labute approximate surface area is 94.3 Å². The fourth-order valence-corrected chi connectivity index (χ4v) is 1.98. The lowest BCUT2D eigenvalue weighted by molar-refractivity contribution is 0.392. The summed E-state index contributed by atoms with van der Waals surface area (Å²) in [5.74, 6) is 2.11. The van der Waals surface area contributed by atoms with Crippen molar-refractivity contribution in [2.75, 3.05) is 7.11 Å². The van der Waals surface area contributed by atoms with E-state index in [1.54, 1.807) is 7.11 Å². The van der Waals surface area contributed by atoms with Crippen LogP contribution in [0.2, 0.25) is 0 Å². The van der Waals surface area contributed by atoms with Crippen molar-refractivity contribution in [1.29, 1.82) is 0 Å². The molecule has 16 heavy (non-hydrogen) atoms. The molecule has 3 rings (SSSR count). The molecule has 2 heterocycles.